The summed E-state index contributed by atoms with van der Waals surface area (Å²) >= 11 is 0. The van der Waals surface area contributed by atoms with Crippen LogP contribution in [0.15, 0.2) is 47.0 Å². The molecule has 2 atom stereocenters. The van der Waals surface area contributed by atoms with Crippen LogP contribution >= 0.6 is 0 Å². The highest BCUT2D eigenvalue weighted by Crippen LogP contribution is 2.12. The van der Waals surface area contributed by atoms with E-state index in [4.69, 9.17) is 9.47 Å². The molecule has 1 aliphatic rings. The zero-order valence-electron chi connectivity index (χ0n) is 15.7. The van der Waals surface area contributed by atoms with E-state index in [1.807, 2.05) is 26.0 Å². The van der Waals surface area contributed by atoms with E-state index in [0.717, 1.165) is 0 Å². The predicted octanol–water partition coefficient (Wildman–Crippen LogP) is 1.65. The minimum atomic E-state index is -0.239. The van der Waals surface area contributed by atoms with Crippen LogP contribution in [0.4, 0.5) is 0 Å². The number of rotatable bonds is 6. The molecule has 2 heterocycles. The Morgan fingerprint density at radius 3 is 3.04 bits per heavy atom. The molecule has 1 N–H and O–H groups in total. The van der Waals surface area contributed by atoms with Crippen LogP contribution in [0.5, 0.6) is 0 Å². The average molecular weight is 371 g/mol. The van der Waals surface area contributed by atoms with E-state index in [2.05, 4.69) is 10.3 Å². The summed E-state index contributed by atoms with van der Waals surface area (Å²) in [5.41, 5.74) is 1.57. The smallest absolute Gasteiger partial charge is 0.261 e. The summed E-state index contributed by atoms with van der Waals surface area (Å²) in [5.74, 6) is -0.239. The zero-order chi connectivity index (χ0) is 19.2. The molecule has 0 aliphatic carbocycles. The maximum Gasteiger partial charge on any atom is 0.261 e. The average Bonchev–Trinajstić information content (AvgIpc) is 2.65. The van der Waals surface area contributed by atoms with Crippen molar-refractivity contribution in [3.8, 4) is 0 Å². The van der Waals surface area contributed by atoms with E-state index >= 15 is 0 Å². The number of fused-ring (bicyclic) bond motifs is 1. The Balaban J connectivity index is 1.64. The molecule has 1 aromatic heterocycles. The summed E-state index contributed by atoms with van der Waals surface area (Å²) in [7, 11) is 0. The number of nitrogens with one attached hydrogen (secondary N) is 1. The van der Waals surface area contributed by atoms with E-state index in [1.165, 1.54) is 16.5 Å². The van der Waals surface area contributed by atoms with Gasteiger partial charge < -0.3 is 14.8 Å². The molecular weight excluding hydrogens is 346 g/mol. The first-order valence-electron chi connectivity index (χ1n) is 9.11. The fourth-order valence-corrected chi connectivity index (χ4v) is 3.01. The van der Waals surface area contributed by atoms with Crippen LogP contribution < -0.4 is 10.9 Å². The molecule has 144 valence electrons. The van der Waals surface area contributed by atoms with Crippen molar-refractivity contribution < 1.29 is 14.3 Å². The van der Waals surface area contributed by atoms with Gasteiger partial charge in [-0.05, 0) is 32.4 Å². The third-order valence-electron chi connectivity index (χ3n) is 4.50. The number of aromatic nitrogens is 2. The van der Waals surface area contributed by atoms with Gasteiger partial charge in [0, 0.05) is 6.61 Å². The van der Waals surface area contributed by atoms with E-state index in [1.54, 1.807) is 18.2 Å². The van der Waals surface area contributed by atoms with Crippen LogP contribution in [0, 0.1) is 0 Å². The number of carbonyl (C=O) groups excluding carboxylic acids is 1. The van der Waals surface area contributed by atoms with Crippen LogP contribution in [0.1, 0.15) is 20.3 Å². The van der Waals surface area contributed by atoms with Crippen molar-refractivity contribution in [2.75, 3.05) is 19.8 Å². The highest BCUT2D eigenvalue weighted by Gasteiger charge is 2.27. The van der Waals surface area contributed by atoms with Gasteiger partial charge in [0.1, 0.15) is 12.6 Å². The number of nitrogens with zero attached hydrogens (tertiary/aromatic N) is 2. The van der Waals surface area contributed by atoms with Crippen LogP contribution in [0.2, 0.25) is 0 Å². The summed E-state index contributed by atoms with van der Waals surface area (Å²) in [4.78, 5) is 29.3. The molecule has 0 spiro atoms. The maximum absolute atomic E-state index is 12.5. The van der Waals surface area contributed by atoms with Gasteiger partial charge in [0.05, 0.1) is 36.5 Å². The van der Waals surface area contributed by atoms with Crippen LogP contribution in [0.25, 0.3) is 10.9 Å². The minimum absolute atomic E-state index is 0.0747. The maximum atomic E-state index is 12.5. The molecule has 7 nitrogen and oxygen atoms in total. The van der Waals surface area contributed by atoms with Crippen LogP contribution in [-0.4, -0.2) is 47.4 Å². The van der Waals surface area contributed by atoms with Crippen molar-refractivity contribution >= 4 is 16.8 Å². The summed E-state index contributed by atoms with van der Waals surface area (Å²) in [6.07, 6.45) is 3.88. The van der Waals surface area contributed by atoms with E-state index < -0.39 is 0 Å². The first kappa shape index (κ1) is 19.3. The molecule has 1 amide bonds. The predicted molar refractivity (Wildman–Crippen MR) is 103 cm³/mol. The molecule has 0 unspecified atom stereocenters. The number of amides is 1. The molecule has 1 aliphatic heterocycles. The second-order valence-corrected chi connectivity index (χ2v) is 6.89. The van der Waals surface area contributed by atoms with Crippen LogP contribution in [-0.2, 0) is 20.8 Å². The lowest BCUT2D eigenvalue weighted by Crippen LogP contribution is -2.51. The second-order valence-electron chi connectivity index (χ2n) is 6.89. The molecule has 1 fully saturated rings. The van der Waals surface area contributed by atoms with Crippen molar-refractivity contribution in [3.63, 3.8) is 0 Å². The third kappa shape index (κ3) is 5.02. The van der Waals surface area contributed by atoms with Crippen molar-refractivity contribution in [3.05, 3.63) is 52.6 Å². The summed E-state index contributed by atoms with van der Waals surface area (Å²) in [5, 5.41) is 3.48. The molecule has 1 saturated heterocycles. The number of hydrogen-bond acceptors (Lipinski definition) is 5. The van der Waals surface area contributed by atoms with Crippen molar-refractivity contribution in [2.24, 2.45) is 0 Å². The Hall–Kier alpha value is -2.51. The number of hydrogen-bond donors (Lipinski definition) is 1. The molecule has 0 saturated carbocycles. The topological polar surface area (TPSA) is 82.4 Å². The van der Waals surface area contributed by atoms with Gasteiger partial charge in [0.25, 0.3) is 5.56 Å². The Morgan fingerprint density at radius 2 is 2.22 bits per heavy atom. The monoisotopic (exact) mass is 371 g/mol. The Kier molecular flexibility index (Phi) is 6.36. The van der Waals surface area contributed by atoms with Gasteiger partial charge in [-0.1, -0.05) is 23.8 Å². The molecule has 0 radical (unpaired) electrons. The molecule has 2 aromatic rings. The van der Waals surface area contributed by atoms with Gasteiger partial charge in [-0.25, -0.2) is 4.98 Å². The Bertz CT molecular complexity index is 886. The normalized spacial score (nSPS) is 19.6. The first-order chi connectivity index (χ1) is 13.0. The first-order valence-corrected chi connectivity index (χ1v) is 9.11. The molecule has 0 bridgehead atoms. The Morgan fingerprint density at radius 1 is 1.41 bits per heavy atom. The molecule has 7 heteroatoms. The van der Waals surface area contributed by atoms with E-state index in [0.29, 0.717) is 37.1 Å². The zero-order valence-corrected chi connectivity index (χ0v) is 15.7. The standard InChI is InChI=1S/C20H25N3O4/c1-14(2)7-10-27-18-12-26-9-8-17(18)22-19(24)11-23-13-21-16-6-4-3-5-15(16)20(23)25/h3-7,13,17-18H,8-12H2,1-2H3,(H,22,24)/t17-,18-/m1/s1. The summed E-state index contributed by atoms with van der Waals surface area (Å²) in [6, 6.07) is 6.96. The fraction of sp³-hybridized carbons (Fsp3) is 0.450. The lowest BCUT2D eigenvalue weighted by atomic mass is 10.1. The molecule has 3 rings (SSSR count). The minimum Gasteiger partial charge on any atom is -0.379 e. The van der Waals surface area contributed by atoms with Gasteiger partial charge in [-0.15, -0.1) is 0 Å². The lowest BCUT2D eigenvalue weighted by molar-refractivity contribution is -0.126. The third-order valence-corrected chi connectivity index (χ3v) is 4.50. The molecule has 27 heavy (non-hydrogen) atoms. The van der Waals surface area contributed by atoms with E-state index in [-0.39, 0.29) is 30.2 Å². The highest BCUT2D eigenvalue weighted by atomic mass is 16.5. The number of carbonyl (C=O) groups is 1. The molecule has 1 aromatic carbocycles. The SMILES string of the molecule is CC(C)=CCO[C@@H]1COCC[C@H]1NC(=O)Cn1cnc2ccccc2c1=O. The summed E-state index contributed by atoms with van der Waals surface area (Å²) in [6.45, 7) is 5.44. The van der Waals surface area contributed by atoms with Crippen LogP contribution in [0.3, 0.4) is 0 Å². The second kappa shape index (κ2) is 8.92. The van der Waals surface area contributed by atoms with Gasteiger partial charge in [0.2, 0.25) is 5.91 Å². The van der Waals surface area contributed by atoms with Gasteiger partial charge in [-0.2, -0.15) is 0 Å². The van der Waals surface area contributed by atoms with Crippen molar-refractivity contribution in [1.29, 1.82) is 0 Å². The van der Waals surface area contributed by atoms with E-state index in [9.17, 15) is 9.59 Å². The highest BCUT2D eigenvalue weighted by molar-refractivity contribution is 5.79. The van der Waals surface area contributed by atoms with Gasteiger partial charge >= 0.3 is 0 Å². The largest absolute Gasteiger partial charge is 0.379 e. The Labute approximate surface area is 158 Å². The lowest BCUT2D eigenvalue weighted by Gasteiger charge is -2.32. The number of benzene rings is 1. The number of allylic oxidation sites excluding steroid dienone is 1. The van der Waals surface area contributed by atoms with Crippen molar-refractivity contribution in [1.82, 2.24) is 14.9 Å². The fourth-order valence-electron chi connectivity index (χ4n) is 3.01. The van der Waals surface area contributed by atoms with Gasteiger partial charge in [0.15, 0.2) is 0 Å². The quantitative estimate of drug-likeness (QED) is 0.781. The van der Waals surface area contributed by atoms with Gasteiger partial charge in [-0.3, -0.25) is 14.2 Å². The van der Waals surface area contributed by atoms with Crippen molar-refractivity contribution in [2.45, 2.75) is 39.0 Å². The number of ether oxygens (including phenoxy) is 2. The summed E-state index contributed by atoms with van der Waals surface area (Å²) < 4.78 is 12.6. The number of para-hydroxylation sites is 1. The molecular formula is C20H25N3O4.